The molecule has 146 valence electrons. The summed E-state index contributed by atoms with van der Waals surface area (Å²) in [5, 5.41) is 8.71. The van der Waals surface area contributed by atoms with Gasteiger partial charge >= 0.3 is 6.03 Å². The highest BCUT2D eigenvalue weighted by Crippen LogP contribution is 2.34. The van der Waals surface area contributed by atoms with Gasteiger partial charge in [-0.15, -0.1) is 0 Å². The topological polar surface area (TPSA) is 88.7 Å². The average molecular weight is 402 g/mol. The molecule has 3 amide bonds. The van der Waals surface area contributed by atoms with E-state index in [-0.39, 0.29) is 0 Å². The number of anilines is 1. The minimum Gasteiger partial charge on any atom is -0.496 e. The van der Waals surface area contributed by atoms with Crippen LogP contribution in [0.3, 0.4) is 0 Å². The Labute approximate surface area is 167 Å². The summed E-state index contributed by atoms with van der Waals surface area (Å²) < 4.78 is 10.7. The third kappa shape index (κ3) is 3.89. The first kappa shape index (κ1) is 19.6. The second-order valence-electron chi connectivity index (χ2n) is 6.11. The summed E-state index contributed by atoms with van der Waals surface area (Å²) in [7, 11) is 3.04. The largest absolute Gasteiger partial charge is 0.496 e. The molecule has 1 aliphatic rings. The van der Waals surface area contributed by atoms with Gasteiger partial charge in [0.1, 0.15) is 11.5 Å². The van der Waals surface area contributed by atoms with Crippen LogP contribution < -0.4 is 25.4 Å². The summed E-state index contributed by atoms with van der Waals surface area (Å²) in [6, 6.07) is 11.1. The predicted octanol–water partition coefficient (Wildman–Crippen LogP) is 3.62. The number of methoxy groups -OCH3 is 2. The van der Waals surface area contributed by atoms with E-state index in [4.69, 9.17) is 21.1 Å². The van der Waals surface area contributed by atoms with Crippen LogP contribution in [0, 0.1) is 0 Å². The molecular weight excluding hydrogens is 382 g/mol. The van der Waals surface area contributed by atoms with Gasteiger partial charge in [0.25, 0.3) is 5.91 Å². The first-order chi connectivity index (χ1) is 13.4. The molecule has 3 rings (SSSR count). The van der Waals surface area contributed by atoms with E-state index in [1.807, 2.05) is 12.1 Å². The van der Waals surface area contributed by atoms with Gasteiger partial charge in [-0.25, -0.2) is 4.79 Å². The predicted molar refractivity (Wildman–Crippen MR) is 107 cm³/mol. The molecular formula is C20H20ClN3O4. The van der Waals surface area contributed by atoms with Crippen LogP contribution in [0.5, 0.6) is 11.5 Å². The number of hydrogen-bond donors (Lipinski definition) is 3. The van der Waals surface area contributed by atoms with Crippen molar-refractivity contribution in [1.29, 1.82) is 0 Å². The zero-order valence-corrected chi connectivity index (χ0v) is 16.4. The lowest BCUT2D eigenvalue weighted by Crippen LogP contribution is -2.46. The number of ether oxygens (including phenoxy) is 2. The monoisotopic (exact) mass is 401 g/mol. The van der Waals surface area contributed by atoms with Gasteiger partial charge < -0.3 is 25.4 Å². The standard InChI is InChI=1S/C20H20ClN3O4/c1-11-17(19(25)23-14-10-12(21)8-9-16(14)28-3)18(24-20(26)22-11)13-6-4-5-7-15(13)27-2/h4-10,18H,1-3H3,(H,23,25)(H2,22,24,26)/t18-/m1/s1. The molecule has 7 nitrogen and oxygen atoms in total. The Balaban J connectivity index is 2.01. The van der Waals surface area contributed by atoms with E-state index >= 15 is 0 Å². The first-order valence-electron chi connectivity index (χ1n) is 8.50. The van der Waals surface area contributed by atoms with E-state index in [0.29, 0.717) is 39.0 Å². The molecule has 0 fully saturated rings. The Morgan fingerprint density at radius 3 is 2.54 bits per heavy atom. The third-order valence-corrected chi connectivity index (χ3v) is 4.61. The molecule has 0 radical (unpaired) electrons. The highest BCUT2D eigenvalue weighted by atomic mass is 35.5. The second-order valence-corrected chi connectivity index (χ2v) is 6.55. The van der Waals surface area contributed by atoms with Gasteiger partial charge in [-0.05, 0) is 31.2 Å². The number of nitrogens with one attached hydrogen (secondary N) is 3. The van der Waals surface area contributed by atoms with Crippen molar-refractivity contribution < 1.29 is 19.1 Å². The van der Waals surface area contributed by atoms with Gasteiger partial charge in [-0.1, -0.05) is 29.8 Å². The normalized spacial score (nSPS) is 16.1. The van der Waals surface area contributed by atoms with Crippen LogP contribution in [0.1, 0.15) is 18.5 Å². The van der Waals surface area contributed by atoms with Gasteiger partial charge in [0.2, 0.25) is 0 Å². The van der Waals surface area contributed by atoms with Crippen molar-refractivity contribution in [2.24, 2.45) is 0 Å². The molecule has 2 aromatic rings. The van der Waals surface area contributed by atoms with Crippen molar-refractivity contribution in [3.05, 3.63) is 64.3 Å². The zero-order valence-electron chi connectivity index (χ0n) is 15.6. The Morgan fingerprint density at radius 1 is 1.11 bits per heavy atom. The van der Waals surface area contributed by atoms with Crippen LogP contribution in [-0.2, 0) is 4.79 Å². The SMILES string of the molecule is COc1ccc(Cl)cc1NC(=O)C1=C(C)NC(=O)N[C@@H]1c1ccccc1OC. The molecule has 1 atom stereocenters. The van der Waals surface area contributed by atoms with Crippen molar-refractivity contribution >= 4 is 29.2 Å². The first-order valence-corrected chi connectivity index (χ1v) is 8.88. The summed E-state index contributed by atoms with van der Waals surface area (Å²) in [6.45, 7) is 1.67. The summed E-state index contributed by atoms with van der Waals surface area (Å²) in [5.41, 5.74) is 1.89. The van der Waals surface area contributed by atoms with E-state index in [2.05, 4.69) is 16.0 Å². The fourth-order valence-corrected chi connectivity index (χ4v) is 3.27. The number of halogens is 1. The molecule has 0 bridgehead atoms. The Bertz CT molecular complexity index is 958. The van der Waals surface area contributed by atoms with Crippen molar-refractivity contribution in [2.45, 2.75) is 13.0 Å². The number of allylic oxidation sites excluding steroid dienone is 1. The van der Waals surface area contributed by atoms with Crippen molar-refractivity contribution in [1.82, 2.24) is 10.6 Å². The average Bonchev–Trinajstić information content (AvgIpc) is 2.67. The van der Waals surface area contributed by atoms with Gasteiger partial charge in [0.15, 0.2) is 0 Å². The third-order valence-electron chi connectivity index (χ3n) is 4.37. The number of rotatable bonds is 5. The Kier molecular flexibility index (Phi) is 5.75. The van der Waals surface area contributed by atoms with E-state index in [1.54, 1.807) is 37.3 Å². The van der Waals surface area contributed by atoms with Gasteiger partial charge in [0, 0.05) is 16.3 Å². The molecule has 2 aromatic carbocycles. The number of carbonyl (C=O) groups excluding carboxylic acids is 2. The quantitative estimate of drug-likeness (QED) is 0.713. The number of urea groups is 1. The molecule has 8 heteroatoms. The maximum Gasteiger partial charge on any atom is 0.319 e. The zero-order chi connectivity index (χ0) is 20.3. The van der Waals surface area contributed by atoms with E-state index in [9.17, 15) is 9.59 Å². The number of hydrogen-bond acceptors (Lipinski definition) is 4. The molecule has 1 aliphatic heterocycles. The maximum atomic E-state index is 13.1. The molecule has 0 aliphatic carbocycles. The molecule has 1 heterocycles. The Morgan fingerprint density at radius 2 is 1.82 bits per heavy atom. The second kappa shape index (κ2) is 8.22. The van der Waals surface area contributed by atoms with Crippen LogP contribution in [0.4, 0.5) is 10.5 Å². The van der Waals surface area contributed by atoms with Crippen molar-refractivity contribution in [2.75, 3.05) is 19.5 Å². The highest BCUT2D eigenvalue weighted by molar-refractivity contribution is 6.31. The van der Waals surface area contributed by atoms with Gasteiger partial charge in [0.05, 0.1) is 31.5 Å². The number of carbonyl (C=O) groups is 2. The van der Waals surface area contributed by atoms with Crippen LogP contribution >= 0.6 is 11.6 Å². The lowest BCUT2D eigenvalue weighted by Gasteiger charge is -2.29. The van der Waals surface area contributed by atoms with Crippen LogP contribution in [0.25, 0.3) is 0 Å². The van der Waals surface area contributed by atoms with Gasteiger partial charge in [-0.2, -0.15) is 0 Å². The summed E-state index contributed by atoms with van der Waals surface area (Å²) in [4.78, 5) is 25.2. The minimum absolute atomic E-state index is 0.353. The molecule has 28 heavy (non-hydrogen) atoms. The molecule has 0 aromatic heterocycles. The van der Waals surface area contributed by atoms with E-state index in [0.717, 1.165) is 0 Å². The minimum atomic E-state index is -0.685. The number of amides is 3. The fraction of sp³-hybridized carbons (Fsp3) is 0.200. The summed E-state index contributed by atoms with van der Waals surface area (Å²) in [5.74, 6) is 0.632. The number of benzene rings is 2. The maximum absolute atomic E-state index is 13.1. The van der Waals surface area contributed by atoms with E-state index in [1.165, 1.54) is 14.2 Å². The number of para-hydroxylation sites is 1. The van der Waals surface area contributed by atoms with E-state index < -0.39 is 18.0 Å². The molecule has 3 N–H and O–H groups in total. The van der Waals surface area contributed by atoms with Crippen molar-refractivity contribution in [3.63, 3.8) is 0 Å². The summed E-state index contributed by atoms with van der Waals surface area (Å²) in [6.07, 6.45) is 0. The molecule has 0 saturated heterocycles. The molecule has 0 unspecified atom stereocenters. The molecule has 0 saturated carbocycles. The Hall–Kier alpha value is -3.19. The van der Waals surface area contributed by atoms with Crippen molar-refractivity contribution in [3.8, 4) is 11.5 Å². The van der Waals surface area contributed by atoms with Crippen LogP contribution in [0.2, 0.25) is 5.02 Å². The van der Waals surface area contributed by atoms with Crippen LogP contribution in [-0.4, -0.2) is 26.2 Å². The highest BCUT2D eigenvalue weighted by Gasteiger charge is 2.33. The van der Waals surface area contributed by atoms with Crippen LogP contribution in [0.15, 0.2) is 53.7 Å². The lowest BCUT2D eigenvalue weighted by atomic mass is 9.94. The fourth-order valence-electron chi connectivity index (χ4n) is 3.10. The summed E-state index contributed by atoms with van der Waals surface area (Å²) >= 11 is 6.05. The molecule has 0 spiro atoms. The van der Waals surface area contributed by atoms with Gasteiger partial charge in [-0.3, -0.25) is 4.79 Å². The smallest absolute Gasteiger partial charge is 0.319 e. The lowest BCUT2D eigenvalue weighted by molar-refractivity contribution is -0.113.